The van der Waals surface area contributed by atoms with Crippen molar-refractivity contribution in [1.29, 1.82) is 0 Å². The first-order valence-electron chi connectivity index (χ1n) is 6.19. The predicted molar refractivity (Wildman–Crippen MR) is 85.9 cm³/mol. The lowest BCUT2D eigenvalue weighted by molar-refractivity contribution is 0.600. The summed E-state index contributed by atoms with van der Waals surface area (Å²) in [4.78, 5) is 24.9. The number of nitrogens with one attached hydrogen (secondary N) is 4. The van der Waals surface area contributed by atoms with E-state index >= 15 is 0 Å². The van der Waals surface area contributed by atoms with Crippen molar-refractivity contribution in [1.82, 2.24) is 25.3 Å². The van der Waals surface area contributed by atoms with Crippen LogP contribution >= 0.6 is 23.8 Å². The molecular weight excluding hydrogens is 352 g/mol. The van der Waals surface area contributed by atoms with E-state index in [1.54, 1.807) is 0 Å². The van der Waals surface area contributed by atoms with Crippen LogP contribution < -0.4 is 16.2 Å². The zero-order valence-corrected chi connectivity index (χ0v) is 13.3. The van der Waals surface area contributed by atoms with Crippen LogP contribution in [-0.4, -0.2) is 56.4 Å². The molecule has 0 spiro atoms. The van der Waals surface area contributed by atoms with Crippen LogP contribution in [-0.2, 0) is 9.84 Å². The summed E-state index contributed by atoms with van der Waals surface area (Å²) in [6, 6.07) is -0.493. The highest BCUT2D eigenvalue weighted by atomic mass is 35.5. The van der Waals surface area contributed by atoms with Gasteiger partial charge in [0.15, 0.2) is 26.1 Å². The second-order valence-corrected chi connectivity index (χ2v) is 7.94. The topological polar surface area (TPSA) is 133 Å². The van der Waals surface area contributed by atoms with E-state index in [4.69, 9.17) is 23.8 Å². The smallest absolute Gasteiger partial charge is 0.278 e. The van der Waals surface area contributed by atoms with Gasteiger partial charge in [0.05, 0.1) is 29.3 Å². The fourth-order valence-electron chi connectivity index (χ4n) is 2.15. The molecule has 22 heavy (non-hydrogen) atoms. The maximum atomic E-state index is 11.8. The van der Waals surface area contributed by atoms with Crippen LogP contribution in [0.2, 0.25) is 0 Å². The number of sulfone groups is 1. The van der Waals surface area contributed by atoms with E-state index in [0.717, 1.165) is 0 Å². The van der Waals surface area contributed by atoms with Crippen LogP contribution in [0.5, 0.6) is 0 Å². The van der Waals surface area contributed by atoms with Crippen molar-refractivity contribution in [2.75, 3.05) is 16.8 Å². The largest absolute Gasteiger partial charge is 0.357 e. The molecule has 0 unspecified atom stereocenters. The van der Waals surface area contributed by atoms with Gasteiger partial charge in [-0.15, -0.1) is 11.6 Å². The Hall–Kier alpha value is -1.72. The number of aromatic amines is 2. The highest BCUT2D eigenvalue weighted by Crippen LogP contribution is 2.18. The summed E-state index contributed by atoms with van der Waals surface area (Å²) in [5, 5.41) is 5.05. The third-order valence-electron chi connectivity index (χ3n) is 3.13. The Bertz CT molecular complexity index is 891. The van der Waals surface area contributed by atoms with Gasteiger partial charge in [-0.1, -0.05) is 0 Å². The maximum Gasteiger partial charge on any atom is 0.278 e. The van der Waals surface area contributed by atoms with Crippen molar-refractivity contribution in [3.8, 4) is 0 Å². The van der Waals surface area contributed by atoms with Gasteiger partial charge in [-0.05, 0) is 12.2 Å². The van der Waals surface area contributed by atoms with Crippen molar-refractivity contribution in [3.05, 3.63) is 16.7 Å². The monoisotopic (exact) mass is 362 g/mol. The van der Waals surface area contributed by atoms with Gasteiger partial charge in [0, 0.05) is 0 Å². The SMILES string of the molecule is O=c1[nH]c(NC(=S)N[C@@H]2CS(=O)(=O)C[C@@H]2Cl)nc2nc[nH]c12. The second kappa shape index (κ2) is 5.48. The lowest BCUT2D eigenvalue weighted by Crippen LogP contribution is -2.43. The molecule has 0 aromatic carbocycles. The molecule has 2 atom stereocenters. The number of H-pyrrole nitrogens is 2. The third-order valence-corrected chi connectivity index (χ3v) is 5.72. The first-order valence-corrected chi connectivity index (χ1v) is 8.86. The molecule has 0 amide bonds. The number of nitrogens with zero attached hydrogens (tertiary/aromatic N) is 2. The molecule has 1 saturated heterocycles. The summed E-state index contributed by atoms with van der Waals surface area (Å²) in [6.07, 6.45) is 1.36. The van der Waals surface area contributed by atoms with Gasteiger partial charge < -0.3 is 15.6 Å². The predicted octanol–water partition coefficient (Wildman–Crippen LogP) is -0.663. The van der Waals surface area contributed by atoms with Gasteiger partial charge in [0.25, 0.3) is 5.56 Å². The lowest BCUT2D eigenvalue weighted by atomic mass is 10.2. The first kappa shape index (κ1) is 15.2. The van der Waals surface area contributed by atoms with Gasteiger partial charge in [0.2, 0.25) is 5.95 Å². The van der Waals surface area contributed by atoms with Gasteiger partial charge >= 0.3 is 0 Å². The van der Waals surface area contributed by atoms with Crippen molar-refractivity contribution >= 4 is 55.9 Å². The number of hydrogen-bond acceptors (Lipinski definition) is 6. The van der Waals surface area contributed by atoms with E-state index in [0.29, 0.717) is 0 Å². The molecule has 0 aliphatic carbocycles. The first-order chi connectivity index (χ1) is 10.3. The van der Waals surface area contributed by atoms with E-state index in [2.05, 4.69) is 30.6 Å². The zero-order chi connectivity index (χ0) is 15.9. The Morgan fingerprint density at radius 2 is 2.23 bits per heavy atom. The summed E-state index contributed by atoms with van der Waals surface area (Å²) in [6.45, 7) is 0. The number of imidazole rings is 1. The summed E-state index contributed by atoms with van der Waals surface area (Å²) < 4.78 is 23.0. The molecule has 1 fully saturated rings. The quantitative estimate of drug-likeness (QED) is 0.408. The van der Waals surface area contributed by atoms with Crippen molar-refractivity contribution in [2.24, 2.45) is 0 Å². The summed E-state index contributed by atoms with van der Waals surface area (Å²) >= 11 is 11.1. The number of aromatic nitrogens is 4. The molecule has 4 N–H and O–H groups in total. The molecule has 118 valence electrons. The fraction of sp³-hybridized carbons (Fsp3) is 0.400. The molecule has 9 nitrogen and oxygen atoms in total. The van der Waals surface area contributed by atoms with Crippen LogP contribution in [0, 0.1) is 0 Å². The van der Waals surface area contributed by atoms with Gasteiger partial charge in [0.1, 0.15) is 0 Å². The Morgan fingerprint density at radius 3 is 2.91 bits per heavy atom. The zero-order valence-electron chi connectivity index (χ0n) is 11.0. The summed E-state index contributed by atoms with van der Waals surface area (Å²) in [5.41, 5.74) is 0.103. The molecule has 2 aromatic rings. The molecule has 2 aromatic heterocycles. The maximum absolute atomic E-state index is 11.8. The van der Waals surface area contributed by atoms with Crippen LogP contribution in [0.25, 0.3) is 11.2 Å². The molecule has 3 rings (SSSR count). The molecule has 3 heterocycles. The lowest BCUT2D eigenvalue weighted by Gasteiger charge is -2.16. The normalized spacial score (nSPS) is 23.5. The number of thiocarbonyl (C=S) groups is 1. The van der Waals surface area contributed by atoms with E-state index in [1.807, 2.05) is 0 Å². The Morgan fingerprint density at radius 1 is 1.45 bits per heavy atom. The van der Waals surface area contributed by atoms with E-state index in [1.165, 1.54) is 6.33 Å². The number of fused-ring (bicyclic) bond motifs is 1. The van der Waals surface area contributed by atoms with E-state index < -0.39 is 26.8 Å². The Kier molecular flexibility index (Phi) is 3.78. The van der Waals surface area contributed by atoms with E-state index in [9.17, 15) is 13.2 Å². The van der Waals surface area contributed by atoms with Crippen molar-refractivity contribution < 1.29 is 8.42 Å². The Balaban J connectivity index is 1.72. The number of hydrogen-bond donors (Lipinski definition) is 4. The standard InChI is InChI=1S/C10H11ClN6O3S2/c11-4-1-22(19,20)2-5(4)14-10(21)17-9-15-7-6(8(18)16-9)12-3-13-7/h3-5H,1-2H2,(H4,12,13,14,15,16,17,18,21)/t4-,5+/m0/s1. The summed E-state index contributed by atoms with van der Waals surface area (Å²) in [5.74, 6) is -0.0804. The Labute approximate surface area is 134 Å². The van der Waals surface area contributed by atoms with Crippen LogP contribution in [0.1, 0.15) is 0 Å². The number of halogens is 1. The highest BCUT2D eigenvalue weighted by molar-refractivity contribution is 7.91. The molecule has 0 saturated carbocycles. The van der Waals surface area contributed by atoms with Gasteiger partial charge in [-0.25, -0.2) is 13.4 Å². The van der Waals surface area contributed by atoms with Crippen LogP contribution in [0.4, 0.5) is 5.95 Å². The molecule has 1 aliphatic heterocycles. The highest BCUT2D eigenvalue weighted by Gasteiger charge is 2.36. The van der Waals surface area contributed by atoms with Crippen LogP contribution in [0.15, 0.2) is 11.1 Å². The second-order valence-electron chi connectivity index (χ2n) is 4.81. The minimum absolute atomic E-state index is 0.0919. The molecule has 0 bridgehead atoms. The summed E-state index contributed by atoms with van der Waals surface area (Å²) in [7, 11) is -3.16. The van der Waals surface area contributed by atoms with Crippen molar-refractivity contribution in [3.63, 3.8) is 0 Å². The molecule has 1 aliphatic rings. The number of alkyl halides is 1. The van der Waals surface area contributed by atoms with Gasteiger partial charge in [-0.2, -0.15) is 4.98 Å². The van der Waals surface area contributed by atoms with Crippen molar-refractivity contribution in [2.45, 2.75) is 11.4 Å². The van der Waals surface area contributed by atoms with Gasteiger partial charge in [-0.3, -0.25) is 9.78 Å². The number of rotatable bonds is 2. The average molecular weight is 363 g/mol. The minimum atomic E-state index is -3.16. The average Bonchev–Trinajstić information content (AvgIpc) is 2.94. The molecule has 0 radical (unpaired) electrons. The third kappa shape index (κ3) is 3.05. The molecular formula is C10H11ClN6O3S2. The van der Waals surface area contributed by atoms with Crippen LogP contribution in [0.3, 0.4) is 0 Å². The van der Waals surface area contributed by atoms with E-state index in [-0.39, 0.29) is 33.7 Å². The molecule has 12 heteroatoms. The number of anilines is 1. The fourth-order valence-corrected chi connectivity index (χ4v) is 4.95. The minimum Gasteiger partial charge on any atom is -0.357 e.